The molecule has 1 aromatic carbocycles. The van der Waals surface area contributed by atoms with Crippen LogP contribution < -0.4 is 5.32 Å². The lowest BCUT2D eigenvalue weighted by atomic mass is 10.0. The van der Waals surface area contributed by atoms with Crippen molar-refractivity contribution in [2.75, 3.05) is 6.61 Å². The molecule has 2 unspecified atom stereocenters. The molecule has 6 nitrogen and oxygen atoms in total. The minimum absolute atomic E-state index is 0.0124. The van der Waals surface area contributed by atoms with Gasteiger partial charge in [0.05, 0.1) is 11.0 Å². The zero-order chi connectivity index (χ0) is 14.7. The SMILES string of the molecule is CC1CC(NC(=O)c2cc(Cl)ccc2[N+](=O)[O-])CCO1. The van der Waals surface area contributed by atoms with Gasteiger partial charge in [-0.2, -0.15) is 0 Å². The molecule has 0 aromatic heterocycles. The zero-order valence-corrected chi connectivity index (χ0v) is 11.7. The predicted octanol–water partition coefficient (Wildman–Crippen LogP) is 2.55. The highest BCUT2D eigenvalue weighted by Gasteiger charge is 2.25. The zero-order valence-electron chi connectivity index (χ0n) is 11.0. The standard InChI is InChI=1S/C13H15ClN2O4/c1-8-6-10(4-5-20-8)15-13(17)11-7-9(14)2-3-12(11)16(18)19/h2-3,7-8,10H,4-6H2,1H3,(H,15,17). The molecule has 1 saturated heterocycles. The molecule has 1 N–H and O–H groups in total. The maximum atomic E-state index is 12.2. The summed E-state index contributed by atoms with van der Waals surface area (Å²) < 4.78 is 5.40. The van der Waals surface area contributed by atoms with Gasteiger partial charge in [-0.3, -0.25) is 14.9 Å². The van der Waals surface area contributed by atoms with Crippen LogP contribution in [0.2, 0.25) is 5.02 Å². The van der Waals surface area contributed by atoms with Crippen LogP contribution in [0.25, 0.3) is 0 Å². The van der Waals surface area contributed by atoms with E-state index < -0.39 is 10.8 Å². The number of benzene rings is 1. The van der Waals surface area contributed by atoms with E-state index in [1.54, 1.807) is 0 Å². The second-order valence-corrected chi connectivity index (χ2v) is 5.23. The lowest BCUT2D eigenvalue weighted by molar-refractivity contribution is -0.385. The fourth-order valence-electron chi connectivity index (χ4n) is 2.24. The van der Waals surface area contributed by atoms with Crippen molar-refractivity contribution in [1.29, 1.82) is 0 Å². The Labute approximate surface area is 121 Å². The molecule has 1 amide bonds. The Morgan fingerprint density at radius 1 is 1.55 bits per heavy atom. The van der Waals surface area contributed by atoms with Crippen LogP contribution in [-0.4, -0.2) is 29.6 Å². The molecule has 0 aliphatic carbocycles. The number of carbonyl (C=O) groups excluding carboxylic acids is 1. The summed E-state index contributed by atoms with van der Waals surface area (Å²) in [5, 5.41) is 14.0. The van der Waals surface area contributed by atoms with Crippen LogP contribution in [0.15, 0.2) is 18.2 Å². The number of nitro groups is 1. The lowest BCUT2D eigenvalue weighted by Gasteiger charge is -2.27. The number of nitro benzene ring substituents is 1. The number of hydrogen-bond donors (Lipinski definition) is 1. The van der Waals surface area contributed by atoms with Gasteiger partial charge in [0, 0.05) is 23.7 Å². The monoisotopic (exact) mass is 298 g/mol. The smallest absolute Gasteiger partial charge is 0.282 e. The summed E-state index contributed by atoms with van der Waals surface area (Å²) >= 11 is 5.81. The molecule has 7 heteroatoms. The highest BCUT2D eigenvalue weighted by Crippen LogP contribution is 2.23. The summed E-state index contributed by atoms with van der Waals surface area (Å²) in [6.45, 7) is 2.50. The van der Waals surface area contributed by atoms with Gasteiger partial charge in [-0.15, -0.1) is 0 Å². The van der Waals surface area contributed by atoms with Crippen LogP contribution >= 0.6 is 11.6 Å². The topological polar surface area (TPSA) is 81.5 Å². The van der Waals surface area contributed by atoms with Crippen LogP contribution in [0.3, 0.4) is 0 Å². The molecule has 1 aromatic rings. The van der Waals surface area contributed by atoms with E-state index >= 15 is 0 Å². The van der Waals surface area contributed by atoms with Gasteiger partial charge < -0.3 is 10.1 Å². The first-order valence-corrected chi connectivity index (χ1v) is 6.71. The number of hydrogen-bond acceptors (Lipinski definition) is 4. The Hall–Kier alpha value is -1.66. The largest absolute Gasteiger partial charge is 0.378 e. The van der Waals surface area contributed by atoms with Gasteiger partial charge in [0.1, 0.15) is 5.56 Å². The molecule has 2 rings (SSSR count). The van der Waals surface area contributed by atoms with Crippen LogP contribution in [0.1, 0.15) is 30.1 Å². The maximum Gasteiger partial charge on any atom is 0.282 e. The fraction of sp³-hybridized carbons (Fsp3) is 0.462. The lowest BCUT2D eigenvalue weighted by Crippen LogP contribution is -2.41. The van der Waals surface area contributed by atoms with Crippen LogP contribution in [0.5, 0.6) is 0 Å². The van der Waals surface area contributed by atoms with Gasteiger partial charge >= 0.3 is 0 Å². The Balaban J connectivity index is 2.16. The van der Waals surface area contributed by atoms with Gasteiger partial charge in [0.2, 0.25) is 0 Å². The molecular weight excluding hydrogens is 284 g/mol. The maximum absolute atomic E-state index is 12.2. The molecule has 0 bridgehead atoms. The average Bonchev–Trinajstić information content (AvgIpc) is 2.38. The summed E-state index contributed by atoms with van der Waals surface area (Å²) in [4.78, 5) is 22.5. The van der Waals surface area contributed by atoms with Crippen molar-refractivity contribution in [2.24, 2.45) is 0 Å². The normalized spacial score (nSPS) is 22.3. The highest BCUT2D eigenvalue weighted by atomic mass is 35.5. The molecule has 0 spiro atoms. The molecular formula is C13H15ClN2O4. The van der Waals surface area contributed by atoms with Gasteiger partial charge in [0.25, 0.3) is 11.6 Å². The van der Waals surface area contributed by atoms with Crippen molar-refractivity contribution in [2.45, 2.75) is 31.9 Å². The van der Waals surface area contributed by atoms with E-state index in [0.717, 1.165) is 0 Å². The van der Waals surface area contributed by atoms with Crippen molar-refractivity contribution < 1.29 is 14.5 Å². The van der Waals surface area contributed by atoms with Crippen LogP contribution in [0.4, 0.5) is 5.69 Å². The minimum atomic E-state index is -0.585. The summed E-state index contributed by atoms with van der Waals surface area (Å²) in [7, 11) is 0. The van der Waals surface area contributed by atoms with Crippen LogP contribution in [0, 0.1) is 10.1 Å². The van der Waals surface area contributed by atoms with E-state index in [1.165, 1.54) is 18.2 Å². The molecule has 1 fully saturated rings. The number of carbonyl (C=O) groups is 1. The van der Waals surface area contributed by atoms with Crippen molar-refractivity contribution in [3.63, 3.8) is 0 Å². The van der Waals surface area contributed by atoms with Crippen molar-refractivity contribution in [3.05, 3.63) is 38.9 Å². The van der Waals surface area contributed by atoms with E-state index in [4.69, 9.17) is 16.3 Å². The first-order valence-electron chi connectivity index (χ1n) is 6.34. The number of nitrogens with zero attached hydrogens (tertiary/aromatic N) is 1. The summed E-state index contributed by atoms with van der Waals surface area (Å²) in [6, 6.07) is 3.92. The first-order chi connectivity index (χ1) is 9.47. The van der Waals surface area contributed by atoms with E-state index in [9.17, 15) is 14.9 Å². The molecule has 1 aliphatic rings. The summed E-state index contributed by atoms with van der Waals surface area (Å²) in [5.41, 5.74) is -0.256. The Morgan fingerprint density at radius 3 is 2.95 bits per heavy atom. The number of halogens is 1. The van der Waals surface area contributed by atoms with Gasteiger partial charge in [0.15, 0.2) is 0 Å². The highest BCUT2D eigenvalue weighted by molar-refractivity contribution is 6.31. The number of nitrogens with one attached hydrogen (secondary N) is 1. The minimum Gasteiger partial charge on any atom is -0.378 e. The molecule has 108 valence electrons. The van der Waals surface area contributed by atoms with E-state index in [0.29, 0.717) is 24.5 Å². The molecule has 0 radical (unpaired) electrons. The number of ether oxygens (including phenoxy) is 1. The Bertz CT molecular complexity index is 535. The van der Waals surface area contributed by atoms with Gasteiger partial charge in [-0.05, 0) is 31.9 Å². The fourth-order valence-corrected chi connectivity index (χ4v) is 2.41. The number of amides is 1. The van der Waals surface area contributed by atoms with Gasteiger partial charge in [-0.1, -0.05) is 11.6 Å². The number of rotatable bonds is 3. The molecule has 2 atom stereocenters. The third-order valence-corrected chi connectivity index (χ3v) is 3.46. The van der Waals surface area contributed by atoms with Crippen molar-refractivity contribution in [3.8, 4) is 0 Å². The average molecular weight is 299 g/mol. The predicted molar refractivity (Wildman–Crippen MR) is 74.0 cm³/mol. The summed E-state index contributed by atoms with van der Waals surface area (Å²) in [5.74, 6) is -0.474. The third kappa shape index (κ3) is 3.46. The molecule has 0 saturated carbocycles. The molecule has 1 aliphatic heterocycles. The Kier molecular flexibility index (Phi) is 4.57. The quantitative estimate of drug-likeness (QED) is 0.687. The second-order valence-electron chi connectivity index (χ2n) is 4.79. The van der Waals surface area contributed by atoms with E-state index in [-0.39, 0.29) is 23.4 Å². The molecule has 20 heavy (non-hydrogen) atoms. The Morgan fingerprint density at radius 2 is 2.30 bits per heavy atom. The first kappa shape index (κ1) is 14.7. The third-order valence-electron chi connectivity index (χ3n) is 3.22. The van der Waals surface area contributed by atoms with Crippen molar-refractivity contribution in [1.82, 2.24) is 5.32 Å². The van der Waals surface area contributed by atoms with E-state index in [1.807, 2.05) is 6.92 Å². The molecule has 1 heterocycles. The van der Waals surface area contributed by atoms with Crippen molar-refractivity contribution >= 4 is 23.2 Å². The second kappa shape index (κ2) is 6.19. The van der Waals surface area contributed by atoms with Crippen LogP contribution in [-0.2, 0) is 4.74 Å². The summed E-state index contributed by atoms with van der Waals surface area (Å²) in [6.07, 6.45) is 1.47. The van der Waals surface area contributed by atoms with Gasteiger partial charge in [-0.25, -0.2) is 0 Å². The van der Waals surface area contributed by atoms with E-state index in [2.05, 4.69) is 5.32 Å².